The van der Waals surface area contributed by atoms with Gasteiger partial charge in [0.25, 0.3) is 5.91 Å². The summed E-state index contributed by atoms with van der Waals surface area (Å²) in [7, 11) is 3.43. The molecule has 0 bridgehead atoms. The highest BCUT2D eigenvalue weighted by molar-refractivity contribution is 5.92. The molecule has 3 rings (SSSR count). The van der Waals surface area contributed by atoms with E-state index in [1.165, 1.54) is 37.0 Å². The van der Waals surface area contributed by atoms with E-state index in [0.29, 0.717) is 35.6 Å². The lowest BCUT2D eigenvalue weighted by Crippen LogP contribution is -2.39. The molecular formula is C20H31N3O3. The summed E-state index contributed by atoms with van der Waals surface area (Å²) in [6, 6.07) is 0. The van der Waals surface area contributed by atoms with Crippen LogP contribution in [-0.2, 0) is 4.79 Å². The highest BCUT2D eigenvalue weighted by atomic mass is 16.4. The second-order valence-corrected chi connectivity index (χ2v) is 8.02. The minimum atomic E-state index is -0.127. The van der Waals surface area contributed by atoms with Gasteiger partial charge in [-0.2, -0.15) is 0 Å². The first-order chi connectivity index (χ1) is 12.5. The van der Waals surface area contributed by atoms with Gasteiger partial charge in [0.1, 0.15) is 5.76 Å². The predicted molar refractivity (Wildman–Crippen MR) is 99.0 cm³/mol. The van der Waals surface area contributed by atoms with Crippen molar-refractivity contribution in [3.05, 3.63) is 17.3 Å². The lowest BCUT2D eigenvalue weighted by molar-refractivity contribution is -0.133. The lowest BCUT2D eigenvalue weighted by atomic mass is 9.86. The van der Waals surface area contributed by atoms with Gasteiger partial charge >= 0.3 is 0 Å². The Labute approximate surface area is 155 Å². The molecule has 1 aromatic rings. The van der Waals surface area contributed by atoms with Crippen LogP contribution in [0, 0.1) is 12.8 Å². The molecular weight excluding hydrogens is 330 g/mol. The van der Waals surface area contributed by atoms with Gasteiger partial charge in [-0.3, -0.25) is 9.59 Å². The van der Waals surface area contributed by atoms with Gasteiger partial charge in [-0.05, 0) is 38.5 Å². The van der Waals surface area contributed by atoms with Gasteiger partial charge in [0.15, 0.2) is 11.6 Å². The van der Waals surface area contributed by atoms with Crippen molar-refractivity contribution in [2.24, 2.45) is 5.92 Å². The molecule has 2 fully saturated rings. The number of oxazole rings is 1. The van der Waals surface area contributed by atoms with Crippen LogP contribution in [0.4, 0.5) is 0 Å². The molecule has 6 heteroatoms. The number of carbonyl (C=O) groups excluding carboxylic acids is 2. The Morgan fingerprint density at radius 3 is 2.38 bits per heavy atom. The highest BCUT2D eigenvalue weighted by Gasteiger charge is 2.30. The fraction of sp³-hybridized carbons (Fsp3) is 0.750. The van der Waals surface area contributed by atoms with Crippen molar-refractivity contribution in [3.63, 3.8) is 0 Å². The van der Waals surface area contributed by atoms with Crippen LogP contribution in [0.15, 0.2) is 4.42 Å². The summed E-state index contributed by atoms with van der Waals surface area (Å²) in [4.78, 5) is 32.7. The number of aryl methyl sites for hydroxylation is 1. The minimum Gasteiger partial charge on any atom is -0.445 e. The Morgan fingerprint density at radius 1 is 1.12 bits per heavy atom. The first kappa shape index (κ1) is 18.9. The number of carbonyl (C=O) groups is 2. The molecule has 0 spiro atoms. The quantitative estimate of drug-likeness (QED) is 0.825. The molecule has 0 aromatic carbocycles. The van der Waals surface area contributed by atoms with Crippen LogP contribution >= 0.6 is 0 Å². The maximum Gasteiger partial charge on any atom is 0.275 e. The van der Waals surface area contributed by atoms with Crippen molar-refractivity contribution in [1.29, 1.82) is 0 Å². The zero-order chi connectivity index (χ0) is 18.7. The van der Waals surface area contributed by atoms with E-state index in [1.807, 2.05) is 4.90 Å². The normalized spacial score (nSPS) is 19.6. The number of likely N-dealkylation sites (tertiary alicyclic amines) is 1. The fourth-order valence-electron chi connectivity index (χ4n) is 4.14. The molecule has 1 aliphatic heterocycles. The number of nitrogens with zero attached hydrogens (tertiary/aromatic N) is 3. The topological polar surface area (TPSA) is 66.7 Å². The number of amides is 2. The smallest absolute Gasteiger partial charge is 0.275 e. The molecule has 2 amide bonds. The summed E-state index contributed by atoms with van der Waals surface area (Å²) in [5.74, 6) is 2.18. The van der Waals surface area contributed by atoms with Crippen LogP contribution in [0.1, 0.15) is 79.4 Å². The summed E-state index contributed by atoms with van der Waals surface area (Å²) in [5.41, 5.74) is 0.404. The van der Waals surface area contributed by atoms with E-state index in [1.54, 1.807) is 21.0 Å². The van der Waals surface area contributed by atoms with Crippen molar-refractivity contribution in [2.75, 3.05) is 27.2 Å². The SMILES string of the molecule is Cc1oc(C2CCN(C(=O)CC3CCCCC3)CC2)nc1C(=O)N(C)C. The summed E-state index contributed by atoms with van der Waals surface area (Å²) >= 11 is 0. The summed E-state index contributed by atoms with van der Waals surface area (Å²) in [5, 5.41) is 0. The third-order valence-electron chi connectivity index (χ3n) is 5.81. The minimum absolute atomic E-state index is 0.127. The second kappa shape index (κ2) is 8.23. The van der Waals surface area contributed by atoms with Crippen LogP contribution in [0.5, 0.6) is 0 Å². The van der Waals surface area contributed by atoms with E-state index in [2.05, 4.69) is 4.98 Å². The van der Waals surface area contributed by atoms with Gasteiger partial charge in [-0.25, -0.2) is 4.98 Å². The number of hydrogen-bond donors (Lipinski definition) is 0. The molecule has 0 unspecified atom stereocenters. The van der Waals surface area contributed by atoms with Crippen molar-refractivity contribution in [3.8, 4) is 0 Å². The zero-order valence-electron chi connectivity index (χ0n) is 16.3. The van der Waals surface area contributed by atoms with E-state index in [-0.39, 0.29) is 11.8 Å². The van der Waals surface area contributed by atoms with E-state index in [4.69, 9.17) is 4.42 Å². The molecule has 0 N–H and O–H groups in total. The molecule has 0 radical (unpaired) electrons. The number of hydrogen-bond acceptors (Lipinski definition) is 4. The average Bonchev–Trinajstić information content (AvgIpc) is 3.03. The summed E-state index contributed by atoms with van der Waals surface area (Å²) in [6.07, 6.45) is 8.71. The number of aromatic nitrogens is 1. The highest BCUT2D eigenvalue weighted by Crippen LogP contribution is 2.31. The third-order valence-corrected chi connectivity index (χ3v) is 5.81. The molecule has 1 saturated heterocycles. The van der Waals surface area contributed by atoms with Crippen LogP contribution < -0.4 is 0 Å². The third kappa shape index (κ3) is 4.27. The maximum absolute atomic E-state index is 12.6. The van der Waals surface area contributed by atoms with Crippen molar-refractivity contribution >= 4 is 11.8 Å². The van der Waals surface area contributed by atoms with Crippen LogP contribution in [0.25, 0.3) is 0 Å². The van der Waals surface area contributed by atoms with Gasteiger partial charge in [-0.1, -0.05) is 19.3 Å². The van der Waals surface area contributed by atoms with E-state index < -0.39 is 0 Å². The molecule has 144 valence electrons. The van der Waals surface area contributed by atoms with Crippen LogP contribution in [0.3, 0.4) is 0 Å². The average molecular weight is 361 g/mol. The Bertz CT molecular complexity index is 639. The van der Waals surface area contributed by atoms with E-state index in [9.17, 15) is 9.59 Å². The molecule has 2 heterocycles. The van der Waals surface area contributed by atoms with Crippen LogP contribution in [0.2, 0.25) is 0 Å². The van der Waals surface area contributed by atoms with Gasteiger partial charge in [0, 0.05) is 39.5 Å². The summed E-state index contributed by atoms with van der Waals surface area (Å²) in [6.45, 7) is 3.30. The molecule has 2 aliphatic rings. The Kier molecular flexibility index (Phi) is 5.99. The van der Waals surface area contributed by atoms with Crippen molar-refractivity contribution < 1.29 is 14.0 Å². The second-order valence-electron chi connectivity index (χ2n) is 8.02. The molecule has 1 aliphatic carbocycles. The van der Waals surface area contributed by atoms with E-state index in [0.717, 1.165) is 25.9 Å². The Hall–Kier alpha value is -1.85. The molecule has 26 heavy (non-hydrogen) atoms. The number of piperidine rings is 1. The zero-order valence-corrected chi connectivity index (χ0v) is 16.3. The molecule has 1 aromatic heterocycles. The Morgan fingerprint density at radius 2 is 1.77 bits per heavy atom. The predicted octanol–water partition coefficient (Wildman–Crippen LogP) is 3.36. The van der Waals surface area contributed by atoms with Gasteiger partial charge in [0.05, 0.1) is 0 Å². The molecule has 0 atom stereocenters. The Balaban J connectivity index is 1.54. The van der Waals surface area contributed by atoms with Crippen molar-refractivity contribution in [1.82, 2.24) is 14.8 Å². The first-order valence-electron chi connectivity index (χ1n) is 9.92. The summed E-state index contributed by atoms with van der Waals surface area (Å²) < 4.78 is 5.78. The first-order valence-corrected chi connectivity index (χ1v) is 9.92. The van der Waals surface area contributed by atoms with Crippen molar-refractivity contribution in [2.45, 2.75) is 64.2 Å². The fourth-order valence-corrected chi connectivity index (χ4v) is 4.14. The largest absolute Gasteiger partial charge is 0.445 e. The van der Waals surface area contributed by atoms with E-state index >= 15 is 0 Å². The standard InChI is InChI=1S/C20H31N3O3/c1-14-18(20(25)22(2)3)21-19(26-14)16-9-11-23(12-10-16)17(24)13-15-7-5-4-6-8-15/h15-16H,4-13H2,1-3H3. The lowest BCUT2D eigenvalue weighted by Gasteiger charge is -2.32. The monoisotopic (exact) mass is 361 g/mol. The maximum atomic E-state index is 12.6. The number of rotatable bonds is 4. The van der Waals surface area contributed by atoms with Gasteiger partial charge < -0.3 is 14.2 Å². The van der Waals surface area contributed by atoms with Crippen LogP contribution in [-0.4, -0.2) is 53.8 Å². The van der Waals surface area contributed by atoms with Gasteiger partial charge in [-0.15, -0.1) is 0 Å². The molecule has 1 saturated carbocycles. The van der Waals surface area contributed by atoms with Gasteiger partial charge in [0.2, 0.25) is 5.91 Å². The molecule has 6 nitrogen and oxygen atoms in total.